The molecule has 2 heteroatoms. The minimum Gasteiger partial charge on any atom is -0.327 e. The topological polar surface area (TPSA) is 38.0 Å². The number of hydrogen-bond acceptors (Lipinski definition) is 2. The van der Waals surface area contributed by atoms with Gasteiger partial charge in [-0.05, 0) is 31.1 Å². The molecule has 0 spiro atoms. The number of nitrogens with two attached hydrogens (primary N) is 1. The highest BCUT2D eigenvalue weighted by Gasteiger charge is 2.40. The van der Waals surface area contributed by atoms with E-state index in [4.69, 9.17) is 5.73 Å². The quantitative estimate of drug-likeness (QED) is 0.634. The molecule has 2 nitrogen and oxygen atoms in total. The Morgan fingerprint density at radius 1 is 1.38 bits per heavy atom. The van der Waals surface area contributed by atoms with Crippen molar-refractivity contribution in [3.05, 3.63) is 0 Å². The van der Waals surface area contributed by atoms with E-state index < -0.39 is 0 Å². The molecule has 0 radical (unpaired) electrons. The minimum atomic E-state index is 0.345. The highest BCUT2D eigenvalue weighted by molar-refractivity contribution is 4.94. The van der Waals surface area contributed by atoms with E-state index >= 15 is 0 Å². The van der Waals surface area contributed by atoms with Gasteiger partial charge < -0.3 is 11.1 Å². The predicted molar refractivity (Wildman–Crippen MR) is 57.7 cm³/mol. The lowest BCUT2D eigenvalue weighted by atomic mass is 10.0. The molecule has 0 aliphatic heterocycles. The molecule has 0 aromatic heterocycles. The van der Waals surface area contributed by atoms with Crippen LogP contribution in [0.15, 0.2) is 0 Å². The van der Waals surface area contributed by atoms with Crippen molar-refractivity contribution in [1.82, 2.24) is 5.32 Å². The summed E-state index contributed by atoms with van der Waals surface area (Å²) < 4.78 is 0. The van der Waals surface area contributed by atoms with Gasteiger partial charge in [-0.25, -0.2) is 0 Å². The van der Waals surface area contributed by atoms with E-state index in [1.54, 1.807) is 0 Å². The van der Waals surface area contributed by atoms with Gasteiger partial charge in [-0.15, -0.1) is 0 Å². The second-order valence-corrected chi connectivity index (χ2v) is 4.55. The molecule has 0 aromatic carbocycles. The lowest BCUT2D eigenvalue weighted by Gasteiger charge is -2.16. The van der Waals surface area contributed by atoms with Crippen LogP contribution in [-0.4, -0.2) is 19.1 Å². The van der Waals surface area contributed by atoms with E-state index in [1.165, 1.54) is 32.2 Å². The van der Waals surface area contributed by atoms with E-state index in [2.05, 4.69) is 19.2 Å². The zero-order valence-electron chi connectivity index (χ0n) is 9.10. The van der Waals surface area contributed by atoms with Gasteiger partial charge in [0.1, 0.15) is 0 Å². The summed E-state index contributed by atoms with van der Waals surface area (Å²) >= 11 is 0. The average Bonchev–Trinajstić information content (AvgIpc) is 2.86. The molecule has 1 fully saturated rings. The molecular formula is C11H24N2. The van der Waals surface area contributed by atoms with Crippen LogP contribution in [0.25, 0.3) is 0 Å². The SMILES string of the molecule is CCCC1(CNCC(N)CC)CC1. The van der Waals surface area contributed by atoms with Gasteiger partial charge in [-0.2, -0.15) is 0 Å². The van der Waals surface area contributed by atoms with E-state index in [0.29, 0.717) is 11.5 Å². The van der Waals surface area contributed by atoms with Crippen molar-refractivity contribution in [1.29, 1.82) is 0 Å². The zero-order valence-corrected chi connectivity index (χ0v) is 9.10. The van der Waals surface area contributed by atoms with Crippen LogP contribution < -0.4 is 11.1 Å². The summed E-state index contributed by atoms with van der Waals surface area (Å²) in [5, 5.41) is 3.50. The molecule has 13 heavy (non-hydrogen) atoms. The Hall–Kier alpha value is -0.0800. The summed E-state index contributed by atoms with van der Waals surface area (Å²) in [7, 11) is 0. The maximum absolute atomic E-state index is 5.83. The molecule has 0 heterocycles. The van der Waals surface area contributed by atoms with Crippen LogP contribution in [0, 0.1) is 5.41 Å². The summed E-state index contributed by atoms with van der Waals surface area (Å²) in [5.41, 5.74) is 6.50. The second kappa shape index (κ2) is 4.97. The van der Waals surface area contributed by atoms with Crippen LogP contribution in [0.5, 0.6) is 0 Å². The van der Waals surface area contributed by atoms with Crippen LogP contribution in [-0.2, 0) is 0 Å². The van der Waals surface area contributed by atoms with Crippen molar-refractivity contribution in [3.8, 4) is 0 Å². The first-order valence-electron chi connectivity index (χ1n) is 5.69. The summed E-state index contributed by atoms with van der Waals surface area (Å²) in [4.78, 5) is 0. The maximum Gasteiger partial charge on any atom is 0.0162 e. The first-order chi connectivity index (χ1) is 6.22. The lowest BCUT2D eigenvalue weighted by molar-refractivity contribution is 0.410. The van der Waals surface area contributed by atoms with E-state index in [0.717, 1.165) is 13.0 Å². The standard InChI is InChI=1S/C11H24N2/c1-3-5-11(6-7-11)9-13-8-10(12)4-2/h10,13H,3-9,12H2,1-2H3. The summed E-state index contributed by atoms with van der Waals surface area (Å²) in [5.74, 6) is 0. The van der Waals surface area contributed by atoms with Gasteiger partial charge in [0.15, 0.2) is 0 Å². The predicted octanol–water partition coefficient (Wildman–Crippen LogP) is 1.89. The molecule has 0 aromatic rings. The summed E-state index contributed by atoms with van der Waals surface area (Å²) in [6, 6.07) is 0.345. The molecule has 1 atom stereocenters. The summed E-state index contributed by atoms with van der Waals surface area (Å²) in [6.45, 7) is 6.60. The molecule has 0 saturated heterocycles. The Labute approximate surface area is 82.3 Å². The first kappa shape index (κ1) is 11.0. The lowest BCUT2D eigenvalue weighted by Crippen LogP contribution is -2.36. The number of rotatable bonds is 7. The van der Waals surface area contributed by atoms with Crippen LogP contribution in [0.3, 0.4) is 0 Å². The molecule has 1 aliphatic rings. The van der Waals surface area contributed by atoms with Crippen LogP contribution >= 0.6 is 0 Å². The van der Waals surface area contributed by atoms with Crippen molar-refractivity contribution < 1.29 is 0 Å². The van der Waals surface area contributed by atoms with Crippen molar-refractivity contribution in [3.63, 3.8) is 0 Å². The maximum atomic E-state index is 5.83. The van der Waals surface area contributed by atoms with Crippen molar-refractivity contribution in [2.45, 2.75) is 52.0 Å². The van der Waals surface area contributed by atoms with Crippen molar-refractivity contribution >= 4 is 0 Å². The third kappa shape index (κ3) is 3.65. The monoisotopic (exact) mass is 184 g/mol. The zero-order chi connectivity index (χ0) is 9.73. The molecule has 0 amide bonds. The fraction of sp³-hybridized carbons (Fsp3) is 1.00. The molecule has 1 saturated carbocycles. The molecule has 3 N–H and O–H groups in total. The molecule has 1 aliphatic carbocycles. The van der Waals surface area contributed by atoms with Gasteiger partial charge in [-0.1, -0.05) is 20.3 Å². The third-order valence-electron chi connectivity index (χ3n) is 3.17. The van der Waals surface area contributed by atoms with Gasteiger partial charge in [0, 0.05) is 19.1 Å². The Kier molecular flexibility index (Phi) is 4.20. The Balaban J connectivity index is 2.05. The normalized spacial score (nSPS) is 21.5. The largest absolute Gasteiger partial charge is 0.327 e. The number of hydrogen-bond donors (Lipinski definition) is 2. The Morgan fingerprint density at radius 3 is 2.54 bits per heavy atom. The first-order valence-corrected chi connectivity index (χ1v) is 5.69. The second-order valence-electron chi connectivity index (χ2n) is 4.55. The van der Waals surface area contributed by atoms with Gasteiger partial charge in [0.05, 0.1) is 0 Å². The fourth-order valence-electron chi connectivity index (χ4n) is 1.89. The third-order valence-corrected chi connectivity index (χ3v) is 3.17. The molecular weight excluding hydrogens is 160 g/mol. The molecule has 0 bridgehead atoms. The van der Waals surface area contributed by atoms with Crippen molar-refractivity contribution in [2.24, 2.45) is 11.1 Å². The number of nitrogens with one attached hydrogen (secondary N) is 1. The molecule has 78 valence electrons. The average molecular weight is 184 g/mol. The molecule has 1 unspecified atom stereocenters. The minimum absolute atomic E-state index is 0.345. The highest BCUT2D eigenvalue weighted by atomic mass is 14.9. The van der Waals surface area contributed by atoms with Gasteiger partial charge in [-0.3, -0.25) is 0 Å². The van der Waals surface area contributed by atoms with Crippen LogP contribution in [0.1, 0.15) is 46.0 Å². The van der Waals surface area contributed by atoms with Gasteiger partial charge >= 0.3 is 0 Å². The van der Waals surface area contributed by atoms with E-state index in [1.807, 2.05) is 0 Å². The molecule has 1 rings (SSSR count). The summed E-state index contributed by atoms with van der Waals surface area (Å²) in [6.07, 6.45) is 6.64. The Morgan fingerprint density at radius 2 is 2.08 bits per heavy atom. The van der Waals surface area contributed by atoms with Gasteiger partial charge in [0.2, 0.25) is 0 Å². The van der Waals surface area contributed by atoms with Crippen LogP contribution in [0.4, 0.5) is 0 Å². The van der Waals surface area contributed by atoms with E-state index in [9.17, 15) is 0 Å². The Bertz CT molecular complexity index is 141. The van der Waals surface area contributed by atoms with Crippen LogP contribution in [0.2, 0.25) is 0 Å². The smallest absolute Gasteiger partial charge is 0.0162 e. The van der Waals surface area contributed by atoms with Gasteiger partial charge in [0.25, 0.3) is 0 Å². The fourth-order valence-corrected chi connectivity index (χ4v) is 1.89. The van der Waals surface area contributed by atoms with Crippen molar-refractivity contribution in [2.75, 3.05) is 13.1 Å². The van der Waals surface area contributed by atoms with E-state index in [-0.39, 0.29) is 0 Å². The highest BCUT2D eigenvalue weighted by Crippen LogP contribution is 2.48.